The zero-order chi connectivity index (χ0) is 16.6. The molecule has 2 heterocycles. The number of furan rings is 1. The van der Waals surface area contributed by atoms with Crippen LogP contribution in [0, 0.1) is 0 Å². The lowest BCUT2D eigenvalue weighted by Crippen LogP contribution is -2.02. The van der Waals surface area contributed by atoms with Gasteiger partial charge in [0.1, 0.15) is 5.76 Å². The van der Waals surface area contributed by atoms with E-state index in [0.717, 1.165) is 17.0 Å². The molecule has 0 saturated heterocycles. The van der Waals surface area contributed by atoms with Gasteiger partial charge in [-0.15, -0.1) is 0 Å². The molecular weight excluding hydrogens is 311 g/mol. The van der Waals surface area contributed by atoms with E-state index in [1.807, 2.05) is 12.1 Å². The highest BCUT2D eigenvalue weighted by Crippen LogP contribution is 2.36. The normalized spacial score (nSPS) is 11.9. The zero-order valence-electron chi connectivity index (χ0n) is 12.5. The number of halogens is 3. The van der Waals surface area contributed by atoms with E-state index in [1.54, 1.807) is 23.9 Å². The summed E-state index contributed by atoms with van der Waals surface area (Å²) in [6.07, 6.45) is -2.71. The highest BCUT2D eigenvalue weighted by atomic mass is 19.4. The lowest BCUT2D eigenvalue weighted by Gasteiger charge is -2.10. The summed E-state index contributed by atoms with van der Waals surface area (Å²) in [5.41, 5.74) is 0.813. The van der Waals surface area contributed by atoms with E-state index >= 15 is 0 Å². The third-order valence-corrected chi connectivity index (χ3v) is 3.56. The van der Waals surface area contributed by atoms with Crippen LogP contribution < -0.4 is 9.47 Å². The molecular formula is C16H14F3NO3. The van der Waals surface area contributed by atoms with E-state index in [9.17, 15) is 13.2 Å². The summed E-state index contributed by atoms with van der Waals surface area (Å²) in [5.74, 6) is 0.405. The third kappa shape index (κ3) is 2.74. The summed E-state index contributed by atoms with van der Waals surface area (Å²) in [7, 11) is 3.08. The first-order chi connectivity index (χ1) is 10.9. The molecule has 0 unspecified atom stereocenters. The van der Waals surface area contributed by atoms with Crippen molar-refractivity contribution in [3.8, 4) is 11.5 Å². The Morgan fingerprint density at radius 1 is 1.04 bits per heavy atom. The van der Waals surface area contributed by atoms with Gasteiger partial charge in [0.2, 0.25) is 5.76 Å². The minimum Gasteiger partial charge on any atom is -0.493 e. The molecule has 1 aromatic carbocycles. The molecule has 3 rings (SSSR count). The summed E-state index contributed by atoms with van der Waals surface area (Å²) >= 11 is 0. The average Bonchev–Trinajstić information content (AvgIpc) is 3.13. The first-order valence-corrected chi connectivity index (χ1v) is 6.79. The minimum atomic E-state index is -4.48. The van der Waals surface area contributed by atoms with Crippen molar-refractivity contribution in [3.05, 3.63) is 48.0 Å². The maximum atomic E-state index is 12.6. The van der Waals surface area contributed by atoms with Crippen LogP contribution in [0.4, 0.5) is 13.2 Å². The van der Waals surface area contributed by atoms with Crippen LogP contribution in [0.25, 0.3) is 10.9 Å². The number of fused-ring (bicyclic) bond motifs is 1. The van der Waals surface area contributed by atoms with Gasteiger partial charge in [0.25, 0.3) is 0 Å². The first-order valence-electron chi connectivity index (χ1n) is 6.79. The fraction of sp³-hybridized carbons (Fsp3) is 0.250. The topological polar surface area (TPSA) is 36.5 Å². The molecule has 0 aliphatic carbocycles. The monoisotopic (exact) mass is 325 g/mol. The van der Waals surface area contributed by atoms with E-state index in [1.165, 1.54) is 13.2 Å². The molecule has 2 aromatic heterocycles. The van der Waals surface area contributed by atoms with Crippen molar-refractivity contribution in [1.82, 2.24) is 4.57 Å². The van der Waals surface area contributed by atoms with Gasteiger partial charge < -0.3 is 18.5 Å². The molecule has 4 nitrogen and oxygen atoms in total. The minimum absolute atomic E-state index is 0.190. The number of alkyl halides is 3. The maximum Gasteiger partial charge on any atom is 0.449 e. The lowest BCUT2D eigenvalue weighted by molar-refractivity contribution is -0.153. The van der Waals surface area contributed by atoms with Gasteiger partial charge in [0.15, 0.2) is 11.5 Å². The second kappa shape index (κ2) is 5.57. The van der Waals surface area contributed by atoms with Gasteiger partial charge in [-0.05, 0) is 30.3 Å². The van der Waals surface area contributed by atoms with Crippen molar-refractivity contribution >= 4 is 10.9 Å². The average molecular weight is 325 g/mol. The number of ether oxygens (including phenoxy) is 2. The Morgan fingerprint density at radius 2 is 1.83 bits per heavy atom. The summed E-state index contributed by atoms with van der Waals surface area (Å²) < 4.78 is 55.0. The third-order valence-electron chi connectivity index (χ3n) is 3.56. The maximum absolute atomic E-state index is 12.6. The van der Waals surface area contributed by atoms with E-state index in [-0.39, 0.29) is 12.3 Å². The molecule has 0 fully saturated rings. The van der Waals surface area contributed by atoms with Gasteiger partial charge in [0.05, 0.1) is 26.3 Å². The number of methoxy groups -OCH3 is 2. The molecule has 0 spiro atoms. The molecule has 0 atom stereocenters. The fourth-order valence-corrected chi connectivity index (χ4v) is 2.52. The SMILES string of the molecule is COc1ccc2c(ccn2Cc2ccc(C(F)(F)F)o2)c1OC. The van der Waals surface area contributed by atoms with Crippen LogP contribution in [-0.4, -0.2) is 18.8 Å². The summed E-state index contributed by atoms with van der Waals surface area (Å²) in [4.78, 5) is 0. The molecule has 3 aromatic rings. The van der Waals surface area contributed by atoms with Crippen LogP contribution >= 0.6 is 0 Å². The molecule has 0 aliphatic rings. The van der Waals surface area contributed by atoms with Crippen molar-refractivity contribution in [1.29, 1.82) is 0 Å². The van der Waals surface area contributed by atoms with Crippen molar-refractivity contribution in [3.63, 3.8) is 0 Å². The highest BCUT2D eigenvalue weighted by molar-refractivity contribution is 5.89. The van der Waals surface area contributed by atoms with Crippen LogP contribution in [0.15, 0.2) is 40.9 Å². The van der Waals surface area contributed by atoms with Gasteiger partial charge in [-0.2, -0.15) is 13.2 Å². The van der Waals surface area contributed by atoms with Crippen molar-refractivity contribution in [2.75, 3.05) is 14.2 Å². The van der Waals surface area contributed by atoms with Gasteiger partial charge in [-0.3, -0.25) is 0 Å². The quantitative estimate of drug-likeness (QED) is 0.717. The molecule has 0 saturated carbocycles. The van der Waals surface area contributed by atoms with Gasteiger partial charge in [0, 0.05) is 11.6 Å². The molecule has 0 N–H and O–H groups in total. The number of benzene rings is 1. The van der Waals surface area contributed by atoms with Gasteiger partial charge in [-0.1, -0.05) is 0 Å². The number of hydrogen-bond acceptors (Lipinski definition) is 3. The Morgan fingerprint density at radius 3 is 2.43 bits per heavy atom. The van der Waals surface area contributed by atoms with Crippen LogP contribution in [0.5, 0.6) is 11.5 Å². The Balaban J connectivity index is 1.97. The zero-order valence-corrected chi connectivity index (χ0v) is 12.5. The summed E-state index contributed by atoms with van der Waals surface area (Å²) in [6.45, 7) is 0.190. The Labute approximate surface area is 130 Å². The van der Waals surface area contributed by atoms with Crippen LogP contribution in [-0.2, 0) is 12.7 Å². The number of aromatic nitrogens is 1. The standard InChI is InChI=1S/C16H14F3NO3/c1-21-13-5-4-12-11(15(13)22-2)7-8-20(12)9-10-3-6-14(23-10)16(17,18)19/h3-8H,9H2,1-2H3. The van der Waals surface area contributed by atoms with E-state index in [2.05, 4.69) is 0 Å². The van der Waals surface area contributed by atoms with Crippen LogP contribution in [0.3, 0.4) is 0 Å². The molecule has 122 valence electrons. The Kier molecular flexibility index (Phi) is 3.71. The smallest absolute Gasteiger partial charge is 0.449 e. The number of rotatable bonds is 4. The van der Waals surface area contributed by atoms with Crippen molar-refractivity contribution < 1.29 is 27.1 Å². The van der Waals surface area contributed by atoms with Gasteiger partial charge in [-0.25, -0.2) is 0 Å². The lowest BCUT2D eigenvalue weighted by atomic mass is 10.2. The summed E-state index contributed by atoms with van der Waals surface area (Å²) in [6, 6.07) is 7.66. The predicted molar refractivity (Wildman–Crippen MR) is 77.9 cm³/mol. The molecule has 7 heteroatoms. The molecule has 0 aliphatic heterocycles. The number of nitrogens with zero attached hydrogens (tertiary/aromatic N) is 1. The van der Waals surface area contributed by atoms with Crippen molar-refractivity contribution in [2.45, 2.75) is 12.7 Å². The van der Waals surface area contributed by atoms with Crippen LogP contribution in [0.2, 0.25) is 0 Å². The van der Waals surface area contributed by atoms with Crippen molar-refractivity contribution in [2.24, 2.45) is 0 Å². The largest absolute Gasteiger partial charge is 0.493 e. The van der Waals surface area contributed by atoms with Crippen LogP contribution in [0.1, 0.15) is 11.5 Å². The molecule has 23 heavy (non-hydrogen) atoms. The first kappa shape index (κ1) is 15.3. The van der Waals surface area contributed by atoms with E-state index in [4.69, 9.17) is 13.9 Å². The highest BCUT2D eigenvalue weighted by Gasteiger charge is 2.34. The summed E-state index contributed by atoms with van der Waals surface area (Å²) in [5, 5.41) is 0.814. The Hall–Kier alpha value is -2.57. The fourth-order valence-electron chi connectivity index (χ4n) is 2.52. The van der Waals surface area contributed by atoms with E-state index in [0.29, 0.717) is 11.5 Å². The molecule has 0 amide bonds. The second-order valence-corrected chi connectivity index (χ2v) is 4.94. The molecule has 0 bridgehead atoms. The van der Waals surface area contributed by atoms with E-state index < -0.39 is 11.9 Å². The second-order valence-electron chi connectivity index (χ2n) is 4.94. The Bertz CT molecular complexity index is 833. The van der Waals surface area contributed by atoms with Gasteiger partial charge >= 0.3 is 6.18 Å². The number of hydrogen-bond donors (Lipinski definition) is 0. The predicted octanol–water partition coefficient (Wildman–Crippen LogP) is 4.32. The molecule has 0 radical (unpaired) electrons.